The number of aromatic nitrogens is 7. The van der Waals surface area contributed by atoms with Gasteiger partial charge >= 0.3 is 5.76 Å². The first-order valence-electron chi connectivity index (χ1n) is 12.6. The van der Waals surface area contributed by atoms with Crippen molar-refractivity contribution < 1.29 is 4.42 Å². The lowest BCUT2D eigenvalue weighted by atomic mass is 9.83. The summed E-state index contributed by atoms with van der Waals surface area (Å²) in [4.78, 5) is 30.5. The Morgan fingerprint density at radius 1 is 1.11 bits per heavy atom. The summed E-state index contributed by atoms with van der Waals surface area (Å²) in [6, 6.07) is 1.84. The Kier molecular flexibility index (Phi) is 6.55. The lowest BCUT2D eigenvalue weighted by Gasteiger charge is -2.27. The molecule has 2 saturated carbocycles. The number of hydrogen-bond acceptors (Lipinski definition) is 8. The van der Waals surface area contributed by atoms with Gasteiger partial charge in [-0.15, -0.1) is 5.10 Å². The summed E-state index contributed by atoms with van der Waals surface area (Å²) in [5.74, 6) is 0.934. The molecule has 2 aliphatic rings. The third-order valence-corrected chi connectivity index (χ3v) is 8.86. The fourth-order valence-electron chi connectivity index (χ4n) is 5.36. The Morgan fingerprint density at radius 3 is 2.64 bits per heavy atom. The number of H-pyrrole nitrogens is 1. The molecular formula is C25H28ClN7O2S. The van der Waals surface area contributed by atoms with Crippen LogP contribution in [-0.4, -0.2) is 40.0 Å². The highest BCUT2D eigenvalue weighted by Crippen LogP contribution is 2.39. The van der Waals surface area contributed by atoms with Gasteiger partial charge in [0.2, 0.25) is 5.82 Å². The van der Waals surface area contributed by atoms with Gasteiger partial charge in [-0.2, -0.15) is 0 Å². The van der Waals surface area contributed by atoms with Gasteiger partial charge in [0.1, 0.15) is 11.2 Å². The van der Waals surface area contributed by atoms with Gasteiger partial charge in [0, 0.05) is 29.8 Å². The van der Waals surface area contributed by atoms with Crippen molar-refractivity contribution in [3.63, 3.8) is 0 Å². The fourth-order valence-corrected chi connectivity index (χ4v) is 6.84. The lowest BCUT2D eigenvalue weighted by Crippen LogP contribution is -2.18. The summed E-state index contributed by atoms with van der Waals surface area (Å²) >= 11 is 8.18. The third kappa shape index (κ3) is 4.80. The normalized spacial score (nSPS) is 20.9. The van der Waals surface area contributed by atoms with Crippen LogP contribution in [0.2, 0.25) is 5.02 Å². The van der Waals surface area contributed by atoms with Crippen molar-refractivity contribution in [2.75, 3.05) is 0 Å². The molecule has 36 heavy (non-hydrogen) atoms. The van der Waals surface area contributed by atoms with Crippen LogP contribution in [0.25, 0.3) is 34.1 Å². The summed E-state index contributed by atoms with van der Waals surface area (Å²) in [6.07, 6.45) is 13.2. The number of halogens is 1. The minimum atomic E-state index is -0.658. The largest absolute Gasteiger partial charge is 0.434 e. The predicted octanol–water partition coefficient (Wildman–Crippen LogP) is 5.75. The Morgan fingerprint density at radius 2 is 1.92 bits per heavy atom. The minimum Gasteiger partial charge on any atom is -0.384 e. The highest BCUT2D eigenvalue weighted by atomic mass is 35.5. The van der Waals surface area contributed by atoms with Crippen LogP contribution in [0.5, 0.6) is 0 Å². The van der Waals surface area contributed by atoms with Crippen LogP contribution in [0.4, 0.5) is 0 Å². The Labute approximate surface area is 217 Å². The second-order valence-corrected chi connectivity index (χ2v) is 11.7. The lowest BCUT2D eigenvalue weighted by molar-refractivity contribution is 0.262. The molecule has 188 valence electrons. The SMILES string of the molecule is CC1CCC(Cn2c(SC3CCCC3)nc3nc(-c4n[nH]c(=O)o4)nc(-c4cncc(Cl)c4)c32)CC1. The second kappa shape index (κ2) is 9.97. The van der Waals surface area contributed by atoms with E-state index in [0.717, 1.165) is 28.7 Å². The number of nitrogens with zero attached hydrogens (tertiary/aromatic N) is 6. The number of fused-ring (bicyclic) bond motifs is 1. The van der Waals surface area contributed by atoms with Crippen molar-refractivity contribution in [3.8, 4) is 23.0 Å². The van der Waals surface area contributed by atoms with E-state index in [1.807, 2.05) is 17.8 Å². The van der Waals surface area contributed by atoms with Crippen LogP contribution < -0.4 is 5.76 Å². The maximum Gasteiger partial charge on any atom is 0.434 e. The number of nitrogens with one attached hydrogen (secondary N) is 1. The maximum atomic E-state index is 11.6. The van der Waals surface area contributed by atoms with E-state index in [-0.39, 0.29) is 11.7 Å². The molecule has 0 unspecified atom stereocenters. The highest BCUT2D eigenvalue weighted by Gasteiger charge is 2.27. The number of hydrogen-bond donors (Lipinski definition) is 1. The van der Waals surface area contributed by atoms with E-state index >= 15 is 0 Å². The van der Waals surface area contributed by atoms with Crippen LogP contribution in [0.3, 0.4) is 0 Å². The summed E-state index contributed by atoms with van der Waals surface area (Å²) in [5.41, 5.74) is 2.83. The van der Waals surface area contributed by atoms with E-state index in [0.29, 0.717) is 27.5 Å². The summed E-state index contributed by atoms with van der Waals surface area (Å²) in [5, 5.41) is 8.28. The first kappa shape index (κ1) is 23.7. The number of imidazole rings is 1. The van der Waals surface area contributed by atoms with Gasteiger partial charge < -0.3 is 8.98 Å². The molecule has 0 amide bonds. The van der Waals surface area contributed by atoms with Gasteiger partial charge in [0.05, 0.1) is 5.02 Å². The minimum absolute atomic E-state index is 0.0268. The molecule has 0 saturated heterocycles. The molecule has 0 aromatic carbocycles. The molecule has 4 aromatic rings. The van der Waals surface area contributed by atoms with Crippen molar-refractivity contribution >= 4 is 34.5 Å². The van der Waals surface area contributed by atoms with E-state index in [2.05, 4.69) is 26.7 Å². The zero-order chi connectivity index (χ0) is 24.6. The van der Waals surface area contributed by atoms with Gasteiger partial charge in [0.15, 0.2) is 10.8 Å². The molecule has 0 spiro atoms. The molecule has 0 radical (unpaired) electrons. The van der Waals surface area contributed by atoms with Gasteiger partial charge in [0.25, 0.3) is 5.89 Å². The van der Waals surface area contributed by atoms with E-state index in [1.54, 1.807) is 12.4 Å². The summed E-state index contributed by atoms with van der Waals surface area (Å²) < 4.78 is 7.50. The summed E-state index contributed by atoms with van der Waals surface area (Å²) in [7, 11) is 0. The quantitative estimate of drug-likeness (QED) is 0.338. The monoisotopic (exact) mass is 525 g/mol. The number of aromatic amines is 1. The van der Waals surface area contributed by atoms with Crippen molar-refractivity contribution in [1.82, 2.24) is 34.7 Å². The number of rotatable bonds is 6. The van der Waals surface area contributed by atoms with Crippen LogP contribution in [0, 0.1) is 11.8 Å². The van der Waals surface area contributed by atoms with Gasteiger partial charge in [-0.25, -0.2) is 24.8 Å². The number of thioether (sulfide) groups is 1. The molecule has 0 aliphatic heterocycles. The number of pyridine rings is 1. The van der Waals surface area contributed by atoms with Gasteiger partial charge in [-0.1, -0.05) is 56.0 Å². The Bertz CT molecular complexity index is 1430. The zero-order valence-corrected chi connectivity index (χ0v) is 21.7. The van der Waals surface area contributed by atoms with Gasteiger partial charge in [-0.05, 0) is 43.6 Å². The van der Waals surface area contributed by atoms with Crippen molar-refractivity contribution in [2.45, 2.75) is 75.2 Å². The summed E-state index contributed by atoms with van der Waals surface area (Å²) in [6.45, 7) is 3.22. The predicted molar refractivity (Wildman–Crippen MR) is 139 cm³/mol. The third-order valence-electron chi connectivity index (χ3n) is 7.33. The van der Waals surface area contributed by atoms with E-state index in [4.69, 9.17) is 31.0 Å². The molecule has 0 atom stereocenters. The van der Waals surface area contributed by atoms with Crippen molar-refractivity contribution in [3.05, 3.63) is 34.0 Å². The van der Waals surface area contributed by atoms with Crippen LogP contribution in [0.1, 0.15) is 58.3 Å². The Balaban J connectivity index is 1.53. The van der Waals surface area contributed by atoms with Crippen LogP contribution >= 0.6 is 23.4 Å². The van der Waals surface area contributed by atoms with Crippen molar-refractivity contribution in [2.24, 2.45) is 11.8 Å². The highest BCUT2D eigenvalue weighted by molar-refractivity contribution is 7.99. The van der Waals surface area contributed by atoms with E-state index in [9.17, 15) is 4.79 Å². The topological polar surface area (TPSA) is 115 Å². The van der Waals surface area contributed by atoms with E-state index < -0.39 is 5.76 Å². The molecule has 0 bridgehead atoms. The standard InChI is InChI=1S/C25H28ClN7O2S/c1-14-6-8-15(9-7-14)13-33-20-19(16-10-17(26)12-27-11-16)28-22(23-31-32-25(34)35-23)29-21(20)30-24(33)36-18-4-2-3-5-18/h10-12,14-15,18H,2-9,13H2,1H3,(H,32,34). The van der Waals surface area contributed by atoms with E-state index in [1.165, 1.54) is 51.4 Å². The molecule has 9 nitrogen and oxygen atoms in total. The average Bonchev–Trinajstić information content (AvgIpc) is 3.61. The van der Waals surface area contributed by atoms with Crippen LogP contribution in [0.15, 0.2) is 32.8 Å². The second-order valence-electron chi connectivity index (χ2n) is 10.0. The first-order chi connectivity index (χ1) is 17.5. The maximum absolute atomic E-state index is 11.6. The Hall–Kier alpha value is -2.72. The smallest absolute Gasteiger partial charge is 0.384 e. The molecular weight excluding hydrogens is 498 g/mol. The zero-order valence-electron chi connectivity index (χ0n) is 20.1. The van der Waals surface area contributed by atoms with Crippen molar-refractivity contribution in [1.29, 1.82) is 0 Å². The molecule has 1 N–H and O–H groups in total. The fraction of sp³-hybridized carbons (Fsp3) is 0.520. The molecule has 2 aliphatic carbocycles. The molecule has 11 heteroatoms. The molecule has 2 fully saturated rings. The molecule has 4 aromatic heterocycles. The van der Waals surface area contributed by atoms with Crippen LogP contribution in [-0.2, 0) is 6.54 Å². The van der Waals surface area contributed by atoms with Gasteiger partial charge in [-0.3, -0.25) is 4.98 Å². The molecule has 6 rings (SSSR count). The first-order valence-corrected chi connectivity index (χ1v) is 13.9. The average molecular weight is 526 g/mol. The molecule has 4 heterocycles.